The van der Waals surface area contributed by atoms with Gasteiger partial charge in [-0.2, -0.15) is 4.98 Å². The second kappa shape index (κ2) is 3.85. The molecule has 2 rings (SSSR count). The molecule has 0 atom stereocenters. The number of carboxylic acids is 1. The quantitative estimate of drug-likeness (QED) is 0.769. The molecular weight excluding hydrogens is 216 g/mol. The fourth-order valence-corrected chi connectivity index (χ4v) is 1.58. The Morgan fingerprint density at radius 3 is 3.13 bits per heavy atom. The summed E-state index contributed by atoms with van der Waals surface area (Å²) in [6.45, 7) is 1.86. The van der Waals surface area contributed by atoms with E-state index < -0.39 is 5.97 Å². The minimum Gasteiger partial charge on any atom is -0.481 e. The SMILES string of the molecule is Cc1ccn2nc(SCC(=O)O)nc2n1. The lowest BCUT2D eigenvalue weighted by atomic mass is 10.5. The van der Waals surface area contributed by atoms with E-state index in [0.717, 1.165) is 17.5 Å². The Bertz CT molecular complexity index is 510. The summed E-state index contributed by atoms with van der Waals surface area (Å²) in [5.74, 6) is -0.443. The van der Waals surface area contributed by atoms with Crippen molar-refractivity contribution in [1.29, 1.82) is 0 Å². The highest BCUT2D eigenvalue weighted by Crippen LogP contribution is 2.13. The van der Waals surface area contributed by atoms with E-state index in [4.69, 9.17) is 5.11 Å². The van der Waals surface area contributed by atoms with Gasteiger partial charge in [0.2, 0.25) is 5.16 Å². The summed E-state index contributed by atoms with van der Waals surface area (Å²) >= 11 is 1.08. The van der Waals surface area contributed by atoms with Crippen LogP contribution in [0.5, 0.6) is 0 Å². The average Bonchev–Trinajstić information content (AvgIpc) is 2.56. The number of rotatable bonds is 3. The highest BCUT2D eigenvalue weighted by molar-refractivity contribution is 7.99. The third-order valence-electron chi connectivity index (χ3n) is 1.65. The molecule has 0 aromatic carbocycles. The number of hydrogen-bond acceptors (Lipinski definition) is 5. The predicted octanol–water partition coefficient (Wildman–Crippen LogP) is 0.609. The lowest BCUT2D eigenvalue weighted by Crippen LogP contribution is -1.97. The molecule has 0 aliphatic carbocycles. The summed E-state index contributed by atoms with van der Waals surface area (Å²) < 4.78 is 1.52. The zero-order chi connectivity index (χ0) is 10.8. The molecule has 0 saturated carbocycles. The summed E-state index contributed by atoms with van der Waals surface area (Å²) in [5.41, 5.74) is 0.852. The smallest absolute Gasteiger partial charge is 0.313 e. The molecule has 0 saturated heterocycles. The number of carbonyl (C=O) groups is 1. The van der Waals surface area contributed by atoms with Gasteiger partial charge in [-0.1, -0.05) is 11.8 Å². The van der Waals surface area contributed by atoms with Crippen molar-refractivity contribution in [2.24, 2.45) is 0 Å². The van der Waals surface area contributed by atoms with Crippen molar-refractivity contribution in [1.82, 2.24) is 19.6 Å². The van der Waals surface area contributed by atoms with Crippen LogP contribution >= 0.6 is 11.8 Å². The number of aryl methyl sites for hydroxylation is 1. The fourth-order valence-electron chi connectivity index (χ4n) is 1.03. The lowest BCUT2D eigenvalue weighted by Gasteiger charge is -1.89. The largest absolute Gasteiger partial charge is 0.481 e. The molecule has 1 N–H and O–H groups in total. The van der Waals surface area contributed by atoms with Crippen molar-refractivity contribution >= 4 is 23.5 Å². The molecule has 15 heavy (non-hydrogen) atoms. The van der Waals surface area contributed by atoms with E-state index >= 15 is 0 Å². The first-order chi connectivity index (χ1) is 7.15. The van der Waals surface area contributed by atoms with Crippen LogP contribution in [0.1, 0.15) is 5.69 Å². The molecule has 0 amide bonds. The molecule has 7 heteroatoms. The molecule has 2 heterocycles. The van der Waals surface area contributed by atoms with Crippen molar-refractivity contribution in [3.63, 3.8) is 0 Å². The van der Waals surface area contributed by atoms with Crippen LogP contribution in [0.3, 0.4) is 0 Å². The number of fused-ring (bicyclic) bond motifs is 1. The topological polar surface area (TPSA) is 80.4 Å². The summed E-state index contributed by atoms with van der Waals surface area (Å²) in [6.07, 6.45) is 1.75. The first-order valence-electron chi connectivity index (χ1n) is 4.20. The third-order valence-corrected chi connectivity index (χ3v) is 2.47. The number of aromatic nitrogens is 4. The maximum atomic E-state index is 10.3. The second-order valence-corrected chi connectivity index (χ2v) is 3.83. The molecule has 0 bridgehead atoms. The van der Waals surface area contributed by atoms with Gasteiger partial charge in [0.05, 0.1) is 5.75 Å². The molecule has 0 radical (unpaired) electrons. The molecule has 0 aliphatic heterocycles. The van der Waals surface area contributed by atoms with Crippen molar-refractivity contribution in [2.75, 3.05) is 5.75 Å². The van der Waals surface area contributed by atoms with Crippen molar-refractivity contribution in [2.45, 2.75) is 12.1 Å². The zero-order valence-electron chi connectivity index (χ0n) is 7.91. The van der Waals surface area contributed by atoms with E-state index in [0.29, 0.717) is 10.9 Å². The predicted molar refractivity (Wildman–Crippen MR) is 53.9 cm³/mol. The number of nitrogens with zero attached hydrogens (tertiary/aromatic N) is 4. The van der Waals surface area contributed by atoms with Crippen molar-refractivity contribution in [3.05, 3.63) is 18.0 Å². The lowest BCUT2D eigenvalue weighted by molar-refractivity contribution is -0.133. The second-order valence-electron chi connectivity index (χ2n) is 2.89. The van der Waals surface area contributed by atoms with Gasteiger partial charge in [0.1, 0.15) is 0 Å². The average molecular weight is 224 g/mol. The first kappa shape index (κ1) is 9.91. The number of aliphatic carboxylic acids is 1. The van der Waals surface area contributed by atoms with Crippen LogP contribution in [0.2, 0.25) is 0 Å². The fraction of sp³-hybridized carbons (Fsp3) is 0.250. The Morgan fingerprint density at radius 1 is 1.60 bits per heavy atom. The molecule has 0 fully saturated rings. The minimum absolute atomic E-state index is 0.0458. The van der Waals surface area contributed by atoms with E-state index in [2.05, 4.69) is 15.1 Å². The summed E-state index contributed by atoms with van der Waals surface area (Å²) in [6, 6.07) is 1.81. The Balaban J connectivity index is 2.27. The highest BCUT2D eigenvalue weighted by Gasteiger charge is 2.07. The monoisotopic (exact) mass is 224 g/mol. The van der Waals surface area contributed by atoms with Gasteiger partial charge in [0.25, 0.3) is 5.78 Å². The normalized spacial score (nSPS) is 10.7. The van der Waals surface area contributed by atoms with Crippen LogP contribution in [-0.2, 0) is 4.79 Å². The highest BCUT2D eigenvalue weighted by atomic mass is 32.2. The summed E-state index contributed by atoms with van der Waals surface area (Å²) in [4.78, 5) is 18.6. The molecule has 2 aromatic rings. The molecule has 0 spiro atoms. The van der Waals surface area contributed by atoms with E-state index in [1.165, 1.54) is 4.52 Å². The van der Waals surface area contributed by atoms with Crippen LogP contribution in [0.25, 0.3) is 5.78 Å². The van der Waals surface area contributed by atoms with Crippen LogP contribution in [0.4, 0.5) is 0 Å². The van der Waals surface area contributed by atoms with Gasteiger partial charge in [-0.05, 0) is 13.0 Å². The zero-order valence-corrected chi connectivity index (χ0v) is 8.73. The number of thioether (sulfide) groups is 1. The Morgan fingerprint density at radius 2 is 2.40 bits per heavy atom. The third kappa shape index (κ3) is 2.24. The van der Waals surface area contributed by atoms with E-state index in [-0.39, 0.29) is 5.75 Å². The Kier molecular flexibility index (Phi) is 2.55. The van der Waals surface area contributed by atoms with Gasteiger partial charge in [-0.25, -0.2) is 9.50 Å². The van der Waals surface area contributed by atoms with Crippen LogP contribution in [0.15, 0.2) is 17.4 Å². The van der Waals surface area contributed by atoms with Gasteiger partial charge in [0, 0.05) is 11.9 Å². The summed E-state index contributed by atoms with van der Waals surface area (Å²) in [7, 11) is 0. The minimum atomic E-state index is -0.886. The Hall–Kier alpha value is -1.63. The van der Waals surface area contributed by atoms with Gasteiger partial charge < -0.3 is 5.11 Å². The van der Waals surface area contributed by atoms with Crippen LogP contribution in [-0.4, -0.2) is 36.4 Å². The Labute approximate surface area is 89.4 Å². The summed E-state index contributed by atoms with van der Waals surface area (Å²) in [5, 5.41) is 13.0. The first-order valence-corrected chi connectivity index (χ1v) is 5.18. The molecule has 6 nitrogen and oxygen atoms in total. The van der Waals surface area contributed by atoms with E-state index in [9.17, 15) is 4.79 Å². The standard InChI is InChI=1S/C8H8N4O2S/c1-5-2-3-12-7(9-5)10-8(11-12)15-4-6(13)14/h2-3H,4H2,1H3,(H,13,14). The van der Waals surface area contributed by atoms with Crippen molar-refractivity contribution < 1.29 is 9.90 Å². The number of carboxylic acid groups (broad SMARTS) is 1. The molecule has 78 valence electrons. The van der Waals surface area contributed by atoms with Gasteiger partial charge in [0.15, 0.2) is 0 Å². The van der Waals surface area contributed by atoms with Crippen LogP contribution < -0.4 is 0 Å². The molecule has 0 unspecified atom stereocenters. The van der Waals surface area contributed by atoms with Gasteiger partial charge >= 0.3 is 5.97 Å². The maximum absolute atomic E-state index is 10.3. The van der Waals surface area contributed by atoms with Gasteiger partial charge in [-0.15, -0.1) is 5.10 Å². The maximum Gasteiger partial charge on any atom is 0.313 e. The van der Waals surface area contributed by atoms with E-state index in [1.54, 1.807) is 6.20 Å². The number of hydrogen-bond donors (Lipinski definition) is 1. The van der Waals surface area contributed by atoms with Crippen LogP contribution in [0, 0.1) is 6.92 Å². The molecular formula is C8H8N4O2S. The van der Waals surface area contributed by atoms with Gasteiger partial charge in [-0.3, -0.25) is 4.79 Å². The van der Waals surface area contributed by atoms with E-state index in [1.807, 2.05) is 13.0 Å². The van der Waals surface area contributed by atoms with Crippen molar-refractivity contribution in [3.8, 4) is 0 Å². The molecule has 2 aromatic heterocycles. The molecule has 0 aliphatic rings.